The van der Waals surface area contributed by atoms with E-state index in [0.717, 1.165) is 36.8 Å². The Hall–Kier alpha value is -3.94. The summed E-state index contributed by atoms with van der Waals surface area (Å²) in [5, 5.41) is 5.75. The molecule has 1 fully saturated rings. The quantitative estimate of drug-likeness (QED) is 0.516. The van der Waals surface area contributed by atoms with Gasteiger partial charge in [-0.3, -0.25) is 24.3 Å². The third kappa shape index (κ3) is 5.77. The van der Waals surface area contributed by atoms with Gasteiger partial charge in [-0.2, -0.15) is 0 Å². The fourth-order valence-electron chi connectivity index (χ4n) is 4.36. The molecule has 1 saturated carbocycles. The van der Waals surface area contributed by atoms with Gasteiger partial charge < -0.3 is 15.1 Å². The number of carbonyl (C=O) groups is 3. The van der Waals surface area contributed by atoms with E-state index in [9.17, 15) is 14.4 Å². The van der Waals surface area contributed by atoms with Crippen molar-refractivity contribution >= 4 is 23.4 Å². The van der Waals surface area contributed by atoms with Gasteiger partial charge in [0, 0.05) is 24.1 Å². The van der Waals surface area contributed by atoms with Crippen LogP contribution in [-0.2, 0) is 9.59 Å². The van der Waals surface area contributed by atoms with Crippen LogP contribution in [-0.4, -0.2) is 35.3 Å². The summed E-state index contributed by atoms with van der Waals surface area (Å²) in [6.45, 7) is 3.65. The van der Waals surface area contributed by atoms with Crippen LogP contribution in [0.15, 0.2) is 65.5 Å². The normalized spacial score (nSPS) is 14.3. The molecule has 3 amide bonds. The van der Waals surface area contributed by atoms with E-state index in [4.69, 9.17) is 4.42 Å². The molecular weight excluding hydrogens is 444 g/mol. The topological polar surface area (TPSA) is 105 Å². The van der Waals surface area contributed by atoms with E-state index in [0.29, 0.717) is 11.3 Å². The third-order valence-corrected chi connectivity index (χ3v) is 6.41. The molecule has 0 spiro atoms. The summed E-state index contributed by atoms with van der Waals surface area (Å²) in [5.41, 5.74) is 3.28. The first-order valence-corrected chi connectivity index (χ1v) is 11.9. The first-order valence-electron chi connectivity index (χ1n) is 11.9. The van der Waals surface area contributed by atoms with Gasteiger partial charge in [-0.15, -0.1) is 0 Å². The first kappa shape index (κ1) is 24.2. The van der Waals surface area contributed by atoms with Gasteiger partial charge in [0.05, 0.1) is 12.8 Å². The molecule has 182 valence electrons. The Kier molecular flexibility index (Phi) is 7.60. The van der Waals surface area contributed by atoms with Gasteiger partial charge in [0.25, 0.3) is 5.91 Å². The van der Waals surface area contributed by atoms with Gasteiger partial charge in [0.15, 0.2) is 5.76 Å². The lowest BCUT2D eigenvalue weighted by Crippen LogP contribution is -2.49. The summed E-state index contributed by atoms with van der Waals surface area (Å²) in [5.74, 6) is -1.07. The molecule has 2 heterocycles. The van der Waals surface area contributed by atoms with E-state index in [-0.39, 0.29) is 24.3 Å². The van der Waals surface area contributed by atoms with Crippen LogP contribution < -0.4 is 15.5 Å². The van der Waals surface area contributed by atoms with Crippen molar-refractivity contribution in [1.29, 1.82) is 0 Å². The van der Waals surface area contributed by atoms with Crippen molar-refractivity contribution in [3.05, 3.63) is 83.6 Å². The Balaban J connectivity index is 1.69. The number of pyridine rings is 1. The van der Waals surface area contributed by atoms with Crippen molar-refractivity contribution in [3.8, 4) is 0 Å². The first-order chi connectivity index (χ1) is 16.9. The molecule has 3 aromatic rings. The number of benzene rings is 1. The highest BCUT2D eigenvalue weighted by Crippen LogP contribution is 2.30. The summed E-state index contributed by atoms with van der Waals surface area (Å²) in [6, 6.07) is 11.4. The van der Waals surface area contributed by atoms with E-state index in [1.807, 2.05) is 32.0 Å². The zero-order valence-electron chi connectivity index (χ0n) is 20.0. The maximum atomic E-state index is 13.7. The molecule has 1 aliphatic carbocycles. The number of carbonyl (C=O) groups excluding carboxylic acids is 3. The molecule has 1 aliphatic rings. The molecule has 0 unspecified atom stereocenters. The van der Waals surface area contributed by atoms with Crippen molar-refractivity contribution in [2.75, 3.05) is 11.4 Å². The molecule has 1 aromatic carbocycles. The van der Waals surface area contributed by atoms with Crippen LogP contribution in [0.5, 0.6) is 0 Å². The summed E-state index contributed by atoms with van der Waals surface area (Å²) >= 11 is 0. The molecule has 0 aliphatic heterocycles. The number of nitrogens with one attached hydrogen (secondary N) is 2. The van der Waals surface area contributed by atoms with Crippen LogP contribution in [0.1, 0.15) is 59.0 Å². The largest absolute Gasteiger partial charge is 0.459 e. The summed E-state index contributed by atoms with van der Waals surface area (Å²) < 4.78 is 5.12. The highest BCUT2D eigenvalue weighted by atomic mass is 16.3. The van der Waals surface area contributed by atoms with Crippen molar-refractivity contribution in [2.24, 2.45) is 0 Å². The Bertz CT molecular complexity index is 1170. The van der Waals surface area contributed by atoms with Crippen molar-refractivity contribution in [2.45, 2.75) is 51.6 Å². The Labute approximate surface area is 204 Å². The maximum absolute atomic E-state index is 13.7. The number of aromatic nitrogens is 1. The van der Waals surface area contributed by atoms with Crippen molar-refractivity contribution in [3.63, 3.8) is 0 Å². The van der Waals surface area contributed by atoms with E-state index in [2.05, 4.69) is 15.6 Å². The second kappa shape index (κ2) is 11.0. The molecule has 4 rings (SSSR count). The molecule has 0 bridgehead atoms. The monoisotopic (exact) mass is 474 g/mol. The van der Waals surface area contributed by atoms with Gasteiger partial charge in [-0.1, -0.05) is 18.9 Å². The smallest absolute Gasteiger partial charge is 0.287 e. The van der Waals surface area contributed by atoms with E-state index in [1.165, 1.54) is 17.2 Å². The fraction of sp³-hybridized carbons (Fsp3) is 0.333. The van der Waals surface area contributed by atoms with E-state index < -0.39 is 17.9 Å². The van der Waals surface area contributed by atoms with Gasteiger partial charge >= 0.3 is 0 Å². The zero-order valence-corrected chi connectivity index (χ0v) is 20.0. The van der Waals surface area contributed by atoms with Crippen LogP contribution in [0.2, 0.25) is 0 Å². The standard InChI is InChI=1S/C27H30N4O4/c1-18-9-10-22(16-19(18)2)31(24(32)17-29-26(33)23-8-5-15-35-23)25(20-11-13-28-14-12-20)27(34)30-21-6-3-4-7-21/h5,8-16,21,25H,3-4,6-7,17H2,1-2H3,(H,29,33)(H,30,34)/t25-/m1/s1. The van der Waals surface area contributed by atoms with E-state index >= 15 is 0 Å². The lowest BCUT2D eigenvalue weighted by atomic mass is 10.0. The summed E-state index contributed by atoms with van der Waals surface area (Å²) in [4.78, 5) is 45.3. The second-order valence-corrected chi connectivity index (χ2v) is 8.87. The molecule has 0 saturated heterocycles. The van der Waals surface area contributed by atoms with Crippen LogP contribution >= 0.6 is 0 Å². The average molecular weight is 475 g/mol. The molecule has 8 heteroatoms. The Morgan fingerprint density at radius 1 is 1.06 bits per heavy atom. The molecule has 0 radical (unpaired) electrons. The molecule has 2 N–H and O–H groups in total. The molecule has 1 atom stereocenters. The minimum Gasteiger partial charge on any atom is -0.459 e. The predicted octanol–water partition coefficient (Wildman–Crippen LogP) is 3.85. The number of anilines is 1. The summed E-state index contributed by atoms with van der Waals surface area (Å²) in [7, 11) is 0. The number of amides is 3. The summed E-state index contributed by atoms with van der Waals surface area (Å²) in [6.07, 6.45) is 8.59. The third-order valence-electron chi connectivity index (χ3n) is 6.41. The molecule has 35 heavy (non-hydrogen) atoms. The lowest BCUT2D eigenvalue weighted by molar-refractivity contribution is -0.126. The van der Waals surface area contributed by atoms with Crippen LogP contribution in [0.3, 0.4) is 0 Å². The second-order valence-electron chi connectivity index (χ2n) is 8.87. The number of furan rings is 1. The highest BCUT2D eigenvalue weighted by molar-refractivity contribution is 6.04. The minimum absolute atomic E-state index is 0.0854. The van der Waals surface area contributed by atoms with Gasteiger partial charge in [0.2, 0.25) is 11.8 Å². The number of hydrogen-bond donors (Lipinski definition) is 2. The SMILES string of the molecule is Cc1ccc(N(C(=O)CNC(=O)c2ccco2)[C@@H](C(=O)NC2CCCC2)c2ccncc2)cc1C. The highest BCUT2D eigenvalue weighted by Gasteiger charge is 2.34. The van der Waals surface area contributed by atoms with Crippen molar-refractivity contribution < 1.29 is 18.8 Å². The number of aryl methyl sites for hydroxylation is 2. The molecule has 2 aromatic heterocycles. The molecular formula is C27H30N4O4. The number of nitrogens with zero attached hydrogens (tertiary/aromatic N) is 2. The maximum Gasteiger partial charge on any atom is 0.287 e. The van der Waals surface area contributed by atoms with Gasteiger partial charge in [-0.05, 0) is 79.8 Å². The average Bonchev–Trinajstić information content (AvgIpc) is 3.58. The minimum atomic E-state index is -0.922. The van der Waals surface area contributed by atoms with Crippen LogP contribution in [0.25, 0.3) is 0 Å². The van der Waals surface area contributed by atoms with Crippen LogP contribution in [0, 0.1) is 13.8 Å². The van der Waals surface area contributed by atoms with Crippen molar-refractivity contribution in [1.82, 2.24) is 15.6 Å². The molecule has 8 nitrogen and oxygen atoms in total. The predicted molar refractivity (Wildman–Crippen MR) is 132 cm³/mol. The van der Waals surface area contributed by atoms with Crippen LogP contribution in [0.4, 0.5) is 5.69 Å². The Morgan fingerprint density at radius 2 is 1.80 bits per heavy atom. The van der Waals surface area contributed by atoms with E-state index in [1.54, 1.807) is 30.6 Å². The number of rotatable bonds is 8. The lowest BCUT2D eigenvalue weighted by Gasteiger charge is -2.32. The number of hydrogen-bond acceptors (Lipinski definition) is 5. The van der Waals surface area contributed by atoms with Gasteiger partial charge in [-0.25, -0.2) is 0 Å². The zero-order chi connectivity index (χ0) is 24.8. The Morgan fingerprint density at radius 3 is 2.46 bits per heavy atom. The fourth-order valence-corrected chi connectivity index (χ4v) is 4.36. The van der Waals surface area contributed by atoms with Gasteiger partial charge in [0.1, 0.15) is 6.04 Å².